The molecular weight excluding hydrogens is 403 g/mol. The van der Waals surface area contributed by atoms with E-state index in [-0.39, 0.29) is 21.4 Å². The van der Waals surface area contributed by atoms with Crippen LogP contribution in [-0.4, -0.2) is 13.4 Å². The molecule has 0 bridgehead atoms. The zero-order valence-corrected chi connectivity index (χ0v) is 14.2. The van der Waals surface area contributed by atoms with Crippen LogP contribution in [0.25, 0.3) is 0 Å². The highest BCUT2D eigenvalue weighted by molar-refractivity contribution is 9.10. The van der Waals surface area contributed by atoms with Crippen molar-refractivity contribution in [3.8, 4) is 0 Å². The average molecular weight is 412 g/mol. The fourth-order valence-corrected chi connectivity index (χ4v) is 3.60. The number of pyridine rings is 1. The van der Waals surface area contributed by atoms with Crippen LogP contribution in [0.5, 0.6) is 0 Å². The van der Waals surface area contributed by atoms with Gasteiger partial charge in [0.15, 0.2) is 5.82 Å². The minimum atomic E-state index is -3.95. The molecule has 1 heterocycles. The van der Waals surface area contributed by atoms with Crippen molar-refractivity contribution < 1.29 is 8.42 Å². The van der Waals surface area contributed by atoms with Crippen LogP contribution in [0, 0.1) is 0 Å². The summed E-state index contributed by atoms with van der Waals surface area (Å²) >= 11 is 14.9. The number of anilines is 2. The Morgan fingerprint density at radius 1 is 1.24 bits per heavy atom. The van der Waals surface area contributed by atoms with Gasteiger partial charge in [-0.15, -0.1) is 0 Å². The van der Waals surface area contributed by atoms with E-state index in [1.165, 1.54) is 24.4 Å². The number of hydrogen-bond donors (Lipinski definition) is 3. The van der Waals surface area contributed by atoms with E-state index in [1.807, 2.05) is 0 Å². The van der Waals surface area contributed by atoms with E-state index in [1.54, 1.807) is 6.07 Å². The van der Waals surface area contributed by atoms with E-state index < -0.39 is 10.0 Å². The summed E-state index contributed by atoms with van der Waals surface area (Å²) in [7, 11) is -3.95. The molecule has 0 saturated heterocycles. The Hall–Kier alpha value is -1.06. The monoisotopic (exact) mass is 410 g/mol. The number of aromatic nitrogens is 1. The molecule has 2 rings (SSSR count). The molecule has 0 spiro atoms. The molecule has 2 aromatic rings. The largest absolute Gasteiger partial charge is 0.307 e. The first kappa shape index (κ1) is 16.3. The number of benzene rings is 1. The van der Waals surface area contributed by atoms with Crippen LogP contribution in [0.15, 0.2) is 39.8 Å². The van der Waals surface area contributed by atoms with Gasteiger partial charge in [-0.3, -0.25) is 4.72 Å². The highest BCUT2D eigenvalue weighted by Gasteiger charge is 2.21. The topological polar surface area (TPSA) is 97.1 Å². The van der Waals surface area contributed by atoms with E-state index in [9.17, 15) is 8.42 Å². The van der Waals surface area contributed by atoms with Crippen LogP contribution in [0.2, 0.25) is 10.0 Å². The lowest BCUT2D eigenvalue weighted by atomic mass is 10.3. The van der Waals surface area contributed by atoms with Crippen LogP contribution in [0.1, 0.15) is 0 Å². The molecule has 0 unspecified atom stereocenters. The second-order valence-corrected chi connectivity index (χ2v) is 7.28. The number of halogens is 3. The van der Waals surface area contributed by atoms with Crippen molar-refractivity contribution in [2.75, 3.05) is 10.1 Å². The maximum atomic E-state index is 12.4. The third-order valence-corrected chi connectivity index (χ3v) is 4.80. The molecule has 0 aliphatic rings. The van der Waals surface area contributed by atoms with E-state index in [2.05, 4.69) is 31.1 Å². The van der Waals surface area contributed by atoms with E-state index in [0.29, 0.717) is 9.50 Å². The van der Waals surface area contributed by atoms with Crippen LogP contribution >= 0.6 is 39.1 Å². The normalized spacial score (nSPS) is 11.2. The standard InChI is InChI=1S/C11H9BrCl2N4O2S/c12-6-3-10(11(17-15)16-5-6)21(19,20)18-9-4-7(13)1-2-8(9)14/h1-5,18H,15H2,(H,16,17). The highest BCUT2D eigenvalue weighted by Crippen LogP contribution is 2.29. The van der Waals surface area contributed by atoms with Crippen molar-refractivity contribution >= 4 is 60.7 Å². The highest BCUT2D eigenvalue weighted by atomic mass is 79.9. The number of nitrogens with one attached hydrogen (secondary N) is 2. The van der Waals surface area contributed by atoms with E-state index >= 15 is 0 Å². The zero-order valence-electron chi connectivity index (χ0n) is 10.3. The lowest BCUT2D eigenvalue weighted by molar-refractivity contribution is 0.601. The molecule has 10 heteroatoms. The number of hydrazine groups is 1. The molecule has 0 amide bonds. The summed E-state index contributed by atoms with van der Waals surface area (Å²) < 4.78 is 27.7. The molecule has 21 heavy (non-hydrogen) atoms. The van der Waals surface area contributed by atoms with Crippen molar-refractivity contribution in [3.05, 3.63) is 45.0 Å². The number of nitrogen functional groups attached to an aromatic ring is 1. The average Bonchev–Trinajstić information content (AvgIpc) is 2.42. The van der Waals surface area contributed by atoms with E-state index in [0.717, 1.165) is 0 Å². The van der Waals surface area contributed by atoms with Crippen LogP contribution < -0.4 is 16.0 Å². The van der Waals surface area contributed by atoms with Gasteiger partial charge >= 0.3 is 0 Å². The van der Waals surface area contributed by atoms with Crippen LogP contribution in [-0.2, 0) is 10.0 Å². The minimum absolute atomic E-state index is 0.00357. The second-order valence-electron chi connectivity index (χ2n) is 3.87. The summed E-state index contributed by atoms with van der Waals surface area (Å²) in [5.74, 6) is 5.28. The van der Waals surface area contributed by atoms with Crippen molar-refractivity contribution in [1.29, 1.82) is 0 Å². The molecule has 112 valence electrons. The number of rotatable bonds is 4. The Balaban J connectivity index is 2.48. The Bertz CT molecular complexity index is 786. The summed E-state index contributed by atoms with van der Waals surface area (Å²) in [5.41, 5.74) is 2.39. The Labute approximate surface area is 139 Å². The Morgan fingerprint density at radius 3 is 2.62 bits per heavy atom. The molecule has 0 aliphatic heterocycles. The Kier molecular flexibility index (Phi) is 4.95. The molecule has 0 fully saturated rings. The number of nitrogens with zero attached hydrogens (tertiary/aromatic N) is 1. The molecular formula is C11H9BrCl2N4O2S. The summed E-state index contributed by atoms with van der Waals surface area (Å²) in [4.78, 5) is 3.75. The fourth-order valence-electron chi connectivity index (χ4n) is 1.51. The van der Waals surface area contributed by atoms with Gasteiger partial charge < -0.3 is 5.43 Å². The molecule has 0 saturated carbocycles. The lowest BCUT2D eigenvalue weighted by Gasteiger charge is -2.12. The van der Waals surface area contributed by atoms with Gasteiger partial charge in [-0.2, -0.15) is 0 Å². The van der Waals surface area contributed by atoms with Gasteiger partial charge in [0.05, 0.1) is 10.7 Å². The smallest absolute Gasteiger partial charge is 0.265 e. The van der Waals surface area contributed by atoms with Crippen molar-refractivity contribution in [3.63, 3.8) is 0 Å². The zero-order chi connectivity index (χ0) is 15.6. The molecule has 6 nitrogen and oxygen atoms in total. The molecule has 0 atom stereocenters. The first-order chi connectivity index (χ1) is 9.83. The van der Waals surface area contributed by atoms with Crippen molar-refractivity contribution in [2.45, 2.75) is 4.90 Å². The maximum absolute atomic E-state index is 12.4. The second kappa shape index (κ2) is 6.37. The van der Waals surface area contributed by atoms with Crippen molar-refractivity contribution in [1.82, 2.24) is 4.98 Å². The number of sulfonamides is 1. The van der Waals surface area contributed by atoms with Gasteiger partial charge in [0.1, 0.15) is 4.90 Å². The molecule has 0 aliphatic carbocycles. The van der Waals surface area contributed by atoms with Gasteiger partial charge in [-0.05, 0) is 40.2 Å². The quantitative estimate of drug-likeness (QED) is 0.530. The SMILES string of the molecule is NNc1ncc(Br)cc1S(=O)(=O)Nc1cc(Cl)ccc1Cl. The lowest BCUT2D eigenvalue weighted by Crippen LogP contribution is -2.18. The van der Waals surface area contributed by atoms with Crippen LogP contribution in [0.4, 0.5) is 11.5 Å². The van der Waals surface area contributed by atoms with Gasteiger partial charge in [0.2, 0.25) is 0 Å². The van der Waals surface area contributed by atoms with E-state index in [4.69, 9.17) is 29.0 Å². The summed E-state index contributed by atoms with van der Waals surface area (Å²) in [6, 6.07) is 5.81. The number of nitrogens with two attached hydrogens (primary N) is 1. The van der Waals surface area contributed by atoms with Gasteiger partial charge in [0.25, 0.3) is 10.0 Å². The summed E-state index contributed by atoms with van der Waals surface area (Å²) in [6.07, 6.45) is 1.42. The predicted octanol–water partition coefficient (Wildman–Crippen LogP) is 3.24. The van der Waals surface area contributed by atoms with Crippen LogP contribution in [0.3, 0.4) is 0 Å². The van der Waals surface area contributed by atoms with Crippen molar-refractivity contribution in [2.24, 2.45) is 5.84 Å². The molecule has 1 aromatic heterocycles. The van der Waals surface area contributed by atoms with Gasteiger partial charge in [0, 0.05) is 15.7 Å². The third kappa shape index (κ3) is 3.78. The Morgan fingerprint density at radius 2 is 1.95 bits per heavy atom. The van der Waals surface area contributed by atoms with Gasteiger partial charge in [-0.1, -0.05) is 23.2 Å². The molecule has 4 N–H and O–H groups in total. The predicted molar refractivity (Wildman–Crippen MR) is 87.0 cm³/mol. The fraction of sp³-hybridized carbons (Fsp3) is 0. The first-order valence-electron chi connectivity index (χ1n) is 5.43. The third-order valence-electron chi connectivity index (χ3n) is 2.42. The molecule has 1 aromatic carbocycles. The number of hydrogen-bond acceptors (Lipinski definition) is 5. The summed E-state index contributed by atoms with van der Waals surface area (Å²) in [6.45, 7) is 0. The minimum Gasteiger partial charge on any atom is -0.307 e. The summed E-state index contributed by atoms with van der Waals surface area (Å²) in [5, 5.41) is 0.565. The van der Waals surface area contributed by atoms with Gasteiger partial charge in [-0.25, -0.2) is 19.2 Å². The first-order valence-corrected chi connectivity index (χ1v) is 8.47. The molecule has 0 radical (unpaired) electrons. The maximum Gasteiger partial charge on any atom is 0.265 e.